The number of phenols is 1. The Morgan fingerprint density at radius 2 is 1.90 bits per heavy atom. The molecule has 1 unspecified atom stereocenters. The number of fused-ring (bicyclic) bond motifs is 1. The zero-order valence-electron chi connectivity index (χ0n) is 16.1. The summed E-state index contributed by atoms with van der Waals surface area (Å²) in [4.78, 5) is 33.7. The molecule has 1 aromatic carbocycles. The minimum absolute atomic E-state index is 0.101. The molecule has 3 heterocycles. The molecule has 152 valence electrons. The second-order valence-corrected chi connectivity index (χ2v) is 8.48. The Bertz CT molecular complexity index is 1090. The van der Waals surface area contributed by atoms with Crippen LogP contribution < -0.4 is 0 Å². The van der Waals surface area contributed by atoms with Crippen LogP contribution in [0.2, 0.25) is 0 Å². The van der Waals surface area contributed by atoms with Crippen molar-refractivity contribution in [2.75, 3.05) is 26.2 Å². The first-order chi connectivity index (χ1) is 13.7. The molecule has 1 aliphatic rings. The molecule has 0 spiro atoms. The van der Waals surface area contributed by atoms with Crippen LogP contribution in [0.15, 0.2) is 36.1 Å². The highest BCUT2D eigenvalue weighted by Gasteiger charge is 2.37. The third-order valence-electron chi connectivity index (χ3n) is 5.07. The number of rotatable bonds is 2. The van der Waals surface area contributed by atoms with Crippen molar-refractivity contribution >= 4 is 28.0 Å². The second-order valence-electron chi connectivity index (χ2n) is 7.59. The average molecular weight is 416 g/mol. The van der Waals surface area contributed by atoms with Gasteiger partial charge in [-0.15, -0.1) is 11.3 Å². The van der Waals surface area contributed by atoms with E-state index in [1.165, 1.54) is 40.2 Å². The van der Waals surface area contributed by atoms with Gasteiger partial charge in [-0.2, -0.15) is 0 Å². The molecule has 29 heavy (non-hydrogen) atoms. The number of phenolic OH excluding ortho intramolecular Hbond substituents is 1. The zero-order chi connectivity index (χ0) is 20.8. The van der Waals surface area contributed by atoms with Crippen LogP contribution in [0, 0.1) is 6.92 Å². The lowest BCUT2D eigenvalue weighted by atomic mass is 10.1. The average Bonchev–Trinajstić information content (AvgIpc) is 3.24. The molecule has 0 aliphatic carbocycles. The Kier molecular flexibility index (Phi) is 4.77. The first-order valence-electron chi connectivity index (χ1n) is 9.22. The number of aromatic nitrogens is 2. The van der Waals surface area contributed by atoms with Gasteiger partial charge in [0, 0.05) is 24.0 Å². The molecule has 2 amide bonds. The largest absolute Gasteiger partial charge is 0.508 e. The van der Waals surface area contributed by atoms with E-state index < -0.39 is 5.67 Å². The molecule has 1 atom stereocenters. The number of hydrogen-bond acceptors (Lipinski definition) is 5. The number of aryl methyl sites for hydroxylation is 1. The van der Waals surface area contributed by atoms with Crippen LogP contribution in [0.4, 0.5) is 4.39 Å². The van der Waals surface area contributed by atoms with E-state index in [2.05, 4.69) is 4.98 Å². The molecule has 1 fully saturated rings. The lowest BCUT2D eigenvalue weighted by Crippen LogP contribution is -2.44. The molecular formula is C20H21FN4O3S. The summed E-state index contributed by atoms with van der Waals surface area (Å²) >= 11 is 1.40. The van der Waals surface area contributed by atoms with Crippen molar-refractivity contribution in [3.05, 3.63) is 52.9 Å². The van der Waals surface area contributed by atoms with Gasteiger partial charge in [0.05, 0.1) is 19.3 Å². The molecule has 0 saturated carbocycles. The summed E-state index contributed by atoms with van der Waals surface area (Å²) in [5.74, 6) is -0.502. The number of benzene rings is 1. The van der Waals surface area contributed by atoms with Crippen molar-refractivity contribution in [2.24, 2.45) is 0 Å². The highest BCUT2D eigenvalue weighted by atomic mass is 32.1. The normalized spacial score (nSPS) is 20.1. The summed E-state index contributed by atoms with van der Waals surface area (Å²) in [5, 5.41) is 11.4. The summed E-state index contributed by atoms with van der Waals surface area (Å²) in [5.41, 5.74) is -0.355. The van der Waals surface area contributed by atoms with Gasteiger partial charge < -0.3 is 14.9 Å². The van der Waals surface area contributed by atoms with Gasteiger partial charge in [0.15, 0.2) is 0 Å². The molecule has 3 aromatic rings. The lowest BCUT2D eigenvalue weighted by molar-refractivity contribution is 0.0595. The van der Waals surface area contributed by atoms with E-state index in [1.54, 1.807) is 35.3 Å². The third kappa shape index (κ3) is 3.69. The van der Waals surface area contributed by atoms with Crippen molar-refractivity contribution in [3.8, 4) is 5.75 Å². The van der Waals surface area contributed by atoms with E-state index in [-0.39, 0.29) is 43.7 Å². The van der Waals surface area contributed by atoms with Gasteiger partial charge in [-0.3, -0.25) is 14.0 Å². The number of carbonyl (C=O) groups is 2. The number of alkyl halides is 1. The Balaban J connectivity index is 1.56. The molecule has 0 bridgehead atoms. The molecule has 1 saturated heterocycles. The van der Waals surface area contributed by atoms with Crippen molar-refractivity contribution < 1.29 is 19.1 Å². The fraction of sp³-hybridized carbons (Fsp3) is 0.350. The maximum absolute atomic E-state index is 15.3. The van der Waals surface area contributed by atoms with E-state index >= 15 is 4.39 Å². The number of carbonyl (C=O) groups excluding carboxylic acids is 2. The number of halogens is 1. The summed E-state index contributed by atoms with van der Waals surface area (Å²) < 4.78 is 17.0. The number of amides is 2. The van der Waals surface area contributed by atoms with E-state index in [1.807, 2.05) is 0 Å². The lowest BCUT2D eigenvalue weighted by Gasteiger charge is -2.27. The van der Waals surface area contributed by atoms with Crippen LogP contribution >= 0.6 is 11.3 Å². The van der Waals surface area contributed by atoms with Gasteiger partial charge in [0.2, 0.25) is 0 Å². The number of imidazole rings is 1. The van der Waals surface area contributed by atoms with Gasteiger partial charge in [-0.25, -0.2) is 9.37 Å². The van der Waals surface area contributed by atoms with E-state index in [0.717, 1.165) is 4.83 Å². The second kappa shape index (κ2) is 7.14. The van der Waals surface area contributed by atoms with Crippen molar-refractivity contribution in [1.82, 2.24) is 19.2 Å². The molecular weight excluding hydrogens is 395 g/mol. The van der Waals surface area contributed by atoms with Gasteiger partial charge >= 0.3 is 0 Å². The standard InChI is InChI=1S/C20H21FN4O3S/c1-13-7-14(3-4-16(13)26)18(27)23-5-6-24(11-20(2,21)10-23)19(28)15-9-29-17-8-22-12-25(15)17/h3-4,7-9,12,26H,5-6,10-11H2,1-2H3. The van der Waals surface area contributed by atoms with Crippen LogP contribution in [0.1, 0.15) is 33.3 Å². The Labute approximate surface area is 171 Å². The van der Waals surface area contributed by atoms with Crippen molar-refractivity contribution in [2.45, 2.75) is 19.5 Å². The minimum atomic E-state index is -1.75. The summed E-state index contributed by atoms with van der Waals surface area (Å²) in [6.07, 6.45) is 3.23. The summed E-state index contributed by atoms with van der Waals surface area (Å²) in [6.45, 7) is 3.34. The van der Waals surface area contributed by atoms with Gasteiger partial charge in [0.1, 0.15) is 28.3 Å². The number of nitrogens with zero attached hydrogens (tertiary/aromatic N) is 4. The third-order valence-corrected chi connectivity index (χ3v) is 5.96. The topological polar surface area (TPSA) is 78.2 Å². The zero-order valence-corrected chi connectivity index (χ0v) is 16.9. The SMILES string of the molecule is Cc1cc(C(=O)N2CCN(C(=O)c3csc4cncn34)CC(C)(F)C2)ccc1O. The predicted molar refractivity (Wildman–Crippen MR) is 107 cm³/mol. The van der Waals surface area contributed by atoms with Gasteiger partial charge in [-0.1, -0.05) is 0 Å². The van der Waals surface area contributed by atoms with E-state index in [0.29, 0.717) is 16.8 Å². The van der Waals surface area contributed by atoms with Crippen molar-refractivity contribution in [1.29, 1.82) is 0 Å². The monoisotopic (exact) mass is 416 g/mol. The number of aromatic hydroxyl groups is 1. The first-order valence-corrected chi connectivity index (χ1v) is 10.1. The molecule has 4 rings (SSSR count). The van der Waals surface area contributed by atoms with E-state index in [9.17, 15) is 14.7 Å². The molecule has 9 heteroatoms. The Morgan fingerprint density at radius 1 is 1.21 bits per heavy atom. The number of thiazole rings is 1. The van der Waals surface area contributed by atoms with Crippen LogP contribution in [-0.4, -0.2) is 68.0 Å². The van der Waals surface area contributed by atoms with Gasteiger partial charge in [0.25, 0.3) is 11.8 Å². The number of hydrogen-bond donors (Lipinski definition) is 1. The Morgan fingerprint density at radius 3 is 2.59 bits per heavy atom. The van der Waals surface area contributed by atoms with Crippen LogP contribution in [0.3, 0.4) is 0 Å². The maximum atomic E-state index is 15.3. The smallest absolute Gasteiger partial charge is 0.271 e. The molecule has 2 aromatic heterocycles. The van der Waals surface area contributed by atoms with Crippen LogP contribution in [-0.2, 0) is 0 Å². The summed E-state index contributed by atoms with van der Waals surface area (Å²) in [7, 11) is 0. The highest BCUT2D eigenvalue weighted by molar-refractivity contribution is 7.15. The summed E-state index contributed by atoms with van der Waals surface area (Å²) in [6, 6.07) is 4.56. The van der Waals surface area contributed by atoms with E-state index in [4.69, 9.17) is 0 Å². The molecule has 7 nitrogen and oxygen atoms in total. The Hall–Kier alpha value is -2.94. The fourth-order valence-corrected chi connectivity index (χ4v) is 4.43. The molecule has 1 aliphatic heterocycles. The first kappa shape index (κ1) is 19.4. The predicted octanol–water partition coefficient (Wildman–Crippen LogP) is 2.74. The highest BCUT2D eigenvalue weighted by Crippen LogP contribution is 2.24. The van der Waals surface area contributed by atoms with Crippen LogP contribution in [0.5, 0.6) is 5.75 Å². The quantitative estimate of drug-likeness (QED) is 0.697. The van der Waals surface area contributed by atoms with Crippen molar-refractivity contribution in [3.63, 3.8) is 0 Å². The van der Waals surface area contributed by atoms with Crippen LogP contribution in [0.25, 0.3) is 4.83 Å². The maximum Gasteiger partial charge on any atom is 0.271 e. The minimum Gasteiger partial charge on any atom is -0.508 e. The molecule has 0 radical (unpaired) electrons. The molecule has 1 N–H and O–H groups in total. The van der Waals surface area contributed by atoms with Gasteiger partial charge in [-0.05, 0) is 37.6 Å². The fourth-order valence-electron chi connectivity index (χ4n) is 3.60.